The molecule has 0 aliphatic rings. The van der Waals surface area contributed by atoms with Gasteiger partial charge in [0.05, 0.1) is 11.1 Å². The van der Waals surface area contributed by atoms with Crippen molar-refractivity contribution in [3.8, 4) is 17.2 Å². The fraction of sp³-hybridized carbons (Fsp3) is 0. The molecule has 0 saturated carbocycles. The standard InChI is InChI=1S/C7H6O5.C7H6O2/c8-4-1-3(7(11)12)2-5(9)6(4)10;8-7(9)6-4-2-1-3-5-6/h1-2,8-10H,(H,11,12);1-5H,(H,8,9). The van der Waals surface area contributed by atoms with E-state index in [1.54, 1.807) is 30.3 Å². The van der Waals surface area contributed by atoms with Crippen molar-refractivity contribution in [2.24, 2.45) is 0 Å². The number of carbonyl (C=O) groups is 2. The number of phenols is 3. The van der Waals surface area contributed by atoms with E-state index in [-0.39, 0.29) is 5.56 Å². The Morgan fingerprint density at radius 2 is 1.14 bits per heavy atom. The average Bonchev–Trinajstić information content (AvgIpc) is 2.45. The van der Waals surface area contributed by atoms with Crippen molar-refractivity contribution in [1.29, 1.82) is 0 Å². The zero-order valence-electron chi connectivity index (χ0n) is 10.6. The lowest BCUT2D eigenvalue weighted by Crippen LogP contribution is -1.95. The third kappa shape index (κ3) is 4.43. The van der Waals surface area contributed by atoms with E-state index in [0.29, 0.717) is 5.56 Å². The SMILES string of the molecule is O=C(O)c1cc(O)c(O)c(O)c1.O=C(O)c1ccccc1. The maximum atomic E-state index is 10.3. The summed E-state index contributed by atoms with van der Waals surface area (Å²) in [6.07, 6.45) is 0. The Kier molecular flexibility index (Phi) is 5.13. The molecule has 2 aromatic rings. The number of aromatic carboxylic acids is 2. The monoisotopic (exact) mass is 292 g/mol. The van der Waals surface area contributed by atoms with Crippen LogP contribution in [0.15, 0.2) is 42.5 Å². The number of phenolic OH excluding ortho intramolecular Hbond substituents is 3. The predicted molar refractivity (Wildman–Crippen MR) is 71.8 cm³/mol. The molecule has 0 fully saturated rings. The van der Waals surface area contributed by atoms with Crippen LogP contribution in [0.2, 0.25) is 0 Å². The Hall–Kier alpha value is -3.22. The van der Waals surface area contributed by atoms with Crippen LogP contribution in [0.25, 0.3) is 0 Å². The second kappa shape index (κ2) is 6.80. The Morgan fingerprint density at radius 1 is 0.714 bits per heavy atom. The molecular formula is C14H12O7. The van der Waals surface area contributed by atoms with Gasteiger partial charge in [0, 0.05) is 0 Å². The van der Waals surface area contributed by atoms with Crippen LogP contribution >= 0.6 is 0 Å². The van der Waals surface area contributed by atoms with Crippen molar-refractivity contribution in [3.05, 3.63) is 53.6 Å². The maximum absolute atomic E-state index is 10.3. The number of rotatable bonds is 2. The number of carboxylic acids is 2. The molecule has 7 nitrogen and oxygen atoms in total. The Morgan fingerprint density at radius 3 is 1.48 bits per heavy atom. The van der Waals surface area contributed by atoms with Crippen LogP contribution in [-0.4, -0.2) is 37.5 Å². The van der Waals surface area contributed by atoms with Gasteiger partial charge in [-0.1, -0.05) is 18.2 Å². The minimum absolute atomic E-state index is 0.289. The minimum Gasteiger partial charge on any atom is -0.504 e. The van der Waals surface area contributed by atoms with Crippen LogP contribution in [0.5, 0.6) is 17.2 Å². The zero-order valence-corrected chi connectivity index (χ0v) is 10.6. The lowest BCUT2D eigenvalue weighted by molar-refractivity contribution is 0.0685. The third-order valence-corrected chi connectivity index (χ3v) is 2.34. The molecule has 0 atom stereocenters. The van der Waals surface area contributed by atoms with Gasteiger partial charge >= 0.3 is 11.9 Å². The highest BCUT2D eigenvalue weighted by Gasteiger charge is 2.11. The van der Waals surface area contributed by atoms with Gasteiger partial charge in [0.25, 0.3) is 0 Å². The molecule has 0 radical (unpaired) electrons. The largest absolute Gasteiger partial charge is 0.504 e. The molecule has 7 heteroatoms. The zero-order chi connectivity index (χ0) is 16.0. The molecule has 2 rings (SSSR count). The smallest absolute Gasteiger partial charge is 0.335 e. The van der Waals surface area contributed by atoms with E-state index in [4.69, 9.17) is 25.5 Å². The first-order chi connectivity index (χ1) is 9.82. The summed E-state index contributed by atoms with van der Waals surface area (Å²) in [5.41, 5.74) is 0.0419. The summed E-state index contributed by atoms with van der Waals surface area (Å²) in [7, 11) is 0. The van der Waals surface area contributed by atoms with Gasteiger partial charge in [-0.2, -0.15) is 0 Å². The van der Waals surface area contributed by atoms with Gasteiger partial charge < -0.3 is 25.5 Å². The Bertz CT molecular complexity index is 627. The molecule has 110 valence electrons. The second-order valence-electron chi connectivity index (χ2n) is 3.84. The molecule has 0 unspecified atom stereocenters. The predicted octanol–water partition coefficient (Wildman–Crippen LogP) is 1.89. The highest BCUT2D eigenvalue weighted by atomic mass is 16.4. The minimum atomic E-state index is -1.29. The number of hydrogen-bond acceptors (Lipinski definition) is 5. The lowest BCUT2D eigenvalue weighted by Gasteiger charge is -2.01. The molecule has 2 aromatic carbocycles. The third-order valence-electron chi connectivity index (χ3n) is 2.34. The molecule has 5 N–H and O–H groups in total. The van der Waals surface area contributed by atoms with E-state index >= 15 is 0 Å². The molecule has 0 aliphatic heterocycles. The van der Waals surface area contributed by atoms with Crippen molar-refractivity contribution in [3.63, 3.8) is 0 Å². The molecule has 0 spiro atoms. The van der Waals surface area contributed by atoms with Gasteiger partial charge in [-0.05, 0) is 24.3 Å². The molecule has 0 bridgehead atoms. The molecule has 0 aliphatic carbocycles. The summed E-state index contributed by atoms with van der Waals surface area (Å²) in [6, 6.07) is 9.98. The summed E-state index contributed by atoms with van der Waals surface area (Å²) in [6.45, 7) is 0. The van der Waals surface area contributed by atoms with Crippen molar-refractivity contribution in [2.45, 2.75) is 0 Å². The van der Waals surface area contributed by atoms with E-state index < -0.39 is 29.2 Å². The topological polar surface area (TPSA) is 135 Å². The molecule has 21 heavy (non-hydrogen) atoms. The van der Waals surface area contributed by atoms with Crippen LogP contribution in [0.4, 0.5) is 0 Å². The molecule has 0 aromatic heterocycles. The van der Waals surface area contributed by atoms with E-state index in [1.807, 2.05) is 0 Å². The number of benzene rings is 2. The summed E-state index contributed by atoms with van der Waals surface area (Å²) < 4.78 is 0. The fourth-order valence-electron chi connectivity index (χ4n) is 1.31. The number of aromatic hydroxyl groups is 3. The van der Waals surface area contributed by atoms with E-state index in [0.717, 1.165) is 12.1 Å². The van der Waals surface area contributed by atoms with Crippen LogP contribution in [-0.2, 0) is 0 Å². The summed E-state index contributed by atoms with van der Waals surface area (Å²) >= 11 is 0. The highest BCUT2D eigenvalue weighted by molar-refractivity contribution is 5.89. The molecule has 0 saturated heterocycles. The first kappa shape index (κ1) is 15.8. The average molecular weight is 292 g/mol. The van der Waals surface area contributed by atoms with Crippen molar-refractivity contribution < 1.29 is 35.1 Å². The molecular weight excluding hydrogens is 280 g/mol. The van der Waals surface area contributed by atoms with Gasteiger partial charge in [0.1, 0.15) is 0 Å². The Balaban J connectivity index is 0.000000219. The van der Waals surface area contributed by atoms with Gasteiger partial charge in [-0.15, -0.1) is 0 Å². The second-order valence-corrected chi connectivity index (χ2v) is 3.84. The fourth-order valence-corrected chi connectivity index (χ4v) is 1.31. The van der Waals surface area contributed by atoms with Crippen LogP contribution in [0.3, 0.4) is 0 Å². The van der Waals surface area contributed by atoms with E-state index in [1.165, 1.54) is 0 Å². The summed E-state index contributed by atoms with van der Waals surface area (Å²) in [5, 5.41) is 43.3. The first-order valence-corrected chi connectivity index (χ1v) is 5.59. The van der Waals surface area contributed by atoms with E-state index in [9.17, 15) is 9.59 Å². The van der Waals surface area contributed by atoms with Crippen LogP contribution in [0.1, 0.15) is 20.7 Å². The summed E-state index contributed by atoms with van der Waals surface area (Å²) in [5.74, 6) is -4.21. The van der Waals surface area contributed by atoms with Crippen LogP contribution in [0, 0.1) is 0 Å². The van der Waals surface area contributed by atoms with Crippen LogP contribution < -0.4 is 0 Å². The van der Waals surface area contributed by atoms with Crippen molar-refractivity contribution >= 4 is 11.9 Å². The Labute approximate surface area is 119 Å². The first-order valence-electron chi connectivity index (χ1n) is 5.59. The lowest BCUT2D eigenvalue weighted by atomic mass is 10.2. The quantitative estimate of drug-likeness (QED) is 0.533. The number of hydrogen-bond donors (Lipinski definition) is 5. The highest BCUT2D eigenvalue weighted by Crippen LogP contribution is 2.35. The van der Waals surface area contributed by atoms with Crippen molar-refractivity contribution in [1.82, 2.24) is 0 Å². The molecule has 0 heterocycles. The number of carboxylic acid groups (broad SMARTS) is 2. The molecule has 0 amide bonds. The van der Waals surface area contributed by atoms with Gasteiger partial charge in [-0.3, -0.25) is 0 Å². The van der Waals surface area contributed by atoms with Gasteiger partial charge in [0.2, 0.25) is 0 Å². The normalized spacial score (nSPS) is 9.33. The van der Waals surface area contributed by atoms with Gasteiger partial charge in [-0.25, -0.2) is 9.59 Å². The van der Waals surface area contributed by atoms with Gasteiger partial charge in [0.15, 0.2) is 17.2 Å². The van der Waals surface area contributed by atoms with E-state index in [2.05, 4.69) is 0 Å². The summed E-state index contributed by atoms with van der Waals surface area (Å²) in [4.78, 5) is 20.5. The maximum Gasteiger partial charge on any atom is 0.335 e. The van der Waals surface area contributed by atoms with Crippen molar-refractivity contribution in [2.75, 3.05) is 0 Å².